The first-order chi connectivity index (χ1) is 8.55. The molecule has 2 aliphatic rings. The number of imidazole rings is 1. The number of nitrogens with one attached hydrogen (secondary N) is 1. The van der Waals surface area contributed by atoms with E-state index in [0.29, 0.717) is 12.1 Å². The fraction of sp³-hybridized carbons (Fsp3) is 0.786. The Kier molecular flexibility index (Phi) is 2.85. The Morgan fingerprint density at radius 3 is 2.89 bits per heavy atom. The summed E-state index contributed by atoms with van der Waals surface area (Å²) in [5, 5.41) is 3.40. The highest BCUT2D eigenvalue weighted by molar-refractivity contribution is 5.34. The van der Waals surface area contributed by atoms with Crippen molar-refractivity contribution in [2.45, 2.75) is 57.6 Å². The Labute approximate surface area is 109 Å². The van der Waals surface area contributed by atoms with Gasteiger partial charge in [-0.2, -0.15) is 0 Å². The second-order valence-corrected chi connectivity index (χ2v) is 6.44. The third kappa shape index (κ3) is 2.03. The molecule has 3 heterocycles. The number of rotatable bonds is 1. The topological polar surface area (TPSA) is 39.1 Å². The minimum absolute atomic E-state index is 0.104. The van der Waals surface area contributed by atoms with Gasteiger partial charge in [-0.05, 0) is 19.3 Å². The molecule has 4 nitrogen and oxygen atoms in total. The molecule has 0 spiro atoms. The molecule has 0 bridgehead atoms. The quantitative estimate of drug-likeness (QED) is 0.831. The highest BCUT2D eigenvalue weighted by Gasteiger charge is 2.32. The van der Waals surface area contributed by atoms with Crippen LogP contribution >= 0.6 is 0 Å². The van der Waals surface area contributed by atoms with Gasteiger partial charge in [0.2, 0.25) is 5.95 Å². The molecule has 3 rings (SSSR count). The highest BCUT2D eigenvalue weighted by Crippen LogP contribution is 2.34. The third-order valence-electron chi connectivity index (χ3n) is 3.98. The molecule has 0 amide bonds. The van der Waals surface area contributed by atoms with Gasteiger partial charge in [0, 0.05) is 24.8 Å². The number of anilines is 1. The van der Waals surface area contributed by atoms with E-state index in [9.17, 15) is 0 Å². The zero-order valence-corrected chi connectivity index (χ0v) is 11.6. The lowest BCUT2D eigenvalue weighted by Gasteiger charge is -2.30. The summed E-state index contributed by atoms with van der Waals surface area (Å²) in [6.45, 7) is 8.56. The largest absolute Gasteiger partial charge is 0.376 e. The molecule has 2 unspecified atom stereocenters. The molecule has 0 saturated carbocycles. The van der Waals surface area contributed by atoms with Crippen LogP contribution < -0.4 is 5.32 Å². The second-order valence-electron chi connectivity index (χ2n) is 6.44. The van der Waals surface area contributed by atoms with Crippen molar-refractivity contribution in [3.63, 3.8) is 0 Å². The van der Waals surface area contributed by atoms with E-state index in [1.165, 1.54) is 12.8 Å². The van der Waals surface area contributed by atoms with E-state index in [0.717, 1.165) is 31.2 Å². The average Bonchev–Trinajstić information content (AvgIpc) is 2.96. The standard InChI is InChI=1S/C14H23N3O/c1-14(2,3)12-9-17-10(11-5-4-8-18-11)6-7-15-13(17)16-12/h9-11H,4-8H2,1-3H3,(H,15,16). The van der Waals surface area contributed by atoms with E-state index in [1.54, 1.807) is 0 Å². The van der Waals surface area contributed by atoms with Crippen molar-refractivity contribution >= 4 is 5.95 Å². The van der Waals surface area contributed by atoms with Gasteiger partial charge in [-0.15, -0.1) is 0 Å². The van der Waals surface area contributed by atoms with Crippen LogP contribution in [-0.2, 0) is 10.2 Å². The molecule has 1 aromatic heterocycles. The van der Waals surface area contributed by atoms with Crippen LogP contribution in [0.2, 0.25) is 0 Å². The van der Waals surface area contributed by atoms with Crippen LogP contribution in [0.4, 0.5) is 5.95 Å². The zero-order valence-electron chi connectivity index (χ0n) is 11.6. The summed E-state index contributed by atoms with van der Waals surface area (Å²) >= 11 is 0. The summed E-state index contributed by atoms with van der Waals surface area (Å²) in [5.41, 5.74) is 1.27. The molecule has 1 fully saturated rings. The minimum atomic E-state index is 0.104. The lowest BCUT2D eigenvalue weighted by molar-refractivity contribution is 0.0636. The van der Waals surface area contributed by atoms with Gasteiger partial charge in [-0.3, -0.25) is 0 Å². The van der Waals surface area contributed by atoms with Gasteiger partial charge >= 0.3 is 0 Å². The van der Waals surface area contributed by atoms with Crippen molar-refractivity contribution in [2.75, 3.05) is 18.5 Å². The van der Waals surface area contributed by atoms with Crippen LogP contribution in [0.15, 0.2) is 6.20 Å². The maximum absolute atomic E-state index is 5.87. The number of hydrogen-bond acceptors (Lipinski definition) is 3. The van der Waals surface area contributed by atoms with Gasteiger partial charge in [0.1, 0.15) is 0 Å². The predicted octanol–water partition coefficient (Wildman–Crippen LogP) is 2.72. The van der Waals surface area contributed by atoms with Gasteiger partial charge in [0.25, 0.3) is 0 Å². The zero-order chi connectivity index (χ0) is 12.8. The first-order valence-electron chi connectivity index (χ1n) is 7.00. The van der Waals surface area contributed by atoms with Crippen molar-refractivity contribution in [3.05, 3.63) is 11.9 Å². The Hall–Kier alpha value is -1.03. The van der Waals surface area contributed by atoms with E-state index in [1.807, 2.05) is 0 Å². The first kappa shape index (κ1) is 12.0. The molecular weight excluding hydrogens is 226 g/mol. The van der Waals surface area contributed by atoms with Crippen LogP contribution in [0.1, 0.15) is 51.8 Å². The number of fused-ring (bicyclic) bond motifs is 1. The lowest BCUT2D eigenvalue weighted by Crippen LogP contribution is -2.30. The molecule has 0 aliphatic carbocycles. The van der Waals surface area contributed by atoms with E-state index in [-0.39, 0.29) is 5.41 Å². The van der Waals surface area contributed by atoms with Gasteiger partial charge < -0.3 is 14.6 Å². The second kappa shape index (κ2) is 4.26. The molecule has 18 heavy (non-hydrogen) atoms. The van der Waals surface area contributed by atoms with E-state index in [4.69, 9.17) is 9.72 Å². The Bertz CT molecular complexity index is 427. The number of aromatic nitrogens is 2. The van der Waals surface area contributed by atoms with Crippen molar-refractivity contribution in [1.82, 2.24) is 9.55 Å². The smallest absolute Gasteiger partial charge is 0.203 e. The summed E-state index contributed by atoms with van der Waals surface area (Å²) in [5.74, 6) is 1.02. The SMILES string of the molecule is CC(C)(C)c1cn2c(n1)NCCC2C1CCCO1. The van der Waals surface area contributed by atoms with Crippen LogP contribution in [-0.4, -0.2) is 28.8 Å². The summed E-state index contributed by atoms with van der Waals surface area (Å²) in [6.07, 6.45) is 6.12. The predicted molar refractivity (Wildman–Crippen MR) is 72.0 cm³/mol. The molecule has 0 aromatic carbocycles. The first-order valence-corrected chi connectivity index (χ1v) is 7.00. The van der Waals surface area contributed by atoms with E-state index < -0.39 is 0 Å². The molecule has 2 aliphatic heterocycles. The summed E-state index contributed by atoms with van der Waals surface area (Å²) in [4.78, 5) is 4.74. The number of nitrogens with zero attached hydrogens (tertiary/aromatic N) is 2. The average molecular weight is 249 g/mol. The minimum Gasteiger partial charge on any atom is -0.376 e. The molecule has 2 atom stereocenters. The van der Waals surface area contributed by atoms with Crippen LogP contribution in [0, 0.1) is 0 Å². The maximum Gasteiger partial charge on any atom is 0.203 e. The van der Waals surface area contributed by atoms with Gasteiger partial charge in [0.05, 0.1) is 17.8 Å². The third-order valence-corrected chi connectivity index (χ3v) is 3.98. The Morgan fingerprint density at radius 1 is 1.39 bits per heavy atom. The van der Waals surface area contributed by atoms with Crippen molar-refractivity contribution in [2.24, 2.45) is 0 Å². The maximum atomic E-state index is 5.87. The molecule has 1 N–H and O–H groups in total. The normalized spacial score (nSPS) is 27.9. The molecule has 1 aromatic rings. The van der Waals surface area contributed by atoms with Gasteiger partial charge in [-0.1, -0.05) is 20.8 Å². The Balaban J connectivity index is 1.92. The fourth-order valence-corrected chi connectivity index (χ4v) is 2.88. The van der Waals surface area contributed by atoms with Gasteiger partial charge in [-0.25, -0.2) is 4.98 Å². The summed E-state index contributed by atoms with van der Waals surface area (Å²) < 4.78 is 8.17. The number of ether oxygens (including phenoxy) is 1. The van der Waals surface area contributed by atoms with Crippen LogP contribution in [0.3, 0.4) is 0 Å². The van der Waals surface area contributed by atoms with Crippen molar-refractivity contribution < 1.29 is 4.74 Å². The molecule has 1 saturated heterocycles. The molecule has 4 heteroatoms. The van der Waals surface area contributed by atoms with Crippen LogP contribution in [0.25, 0.3) is 0 Å². The molecule has 0 radical (unpaired) electrons. The monoisotopic (exact) mass is 249 g/mol. The van der Waals surface area contributed by atoms with E-state index in [2.05, 4.69) is 36.9 Å². The highest BCUT2D eigenvalue weighted by atomic mass is 16.5. The van der Waals surface area contributed by atoms with Gasteiger partial charge in [0.15, 0.2) is 0 Å². The summed E-state index contributed by atoms with van der Waals surface area (Å²) in [6, 6.07) is 0.465. The number of hydrogen-bond donors (Lipinski definition) is 1. The van der Waals surface area contributed by atoms with Crippen molar-refractivity contribution in [3.8, 4) is 0 Å². The van der Waals surface area contributed by atoms with Crippen molar-refractivity contribution in [1.29, 1.82) is 0 Å². The van der Waals surface area contributed by atoms with Crippen LogP contribution in [0.5, 0.6) is 0 Å². The summed E-state index contributed by atoms with van der Waals surface area (Å²) in [7, 11) is 0. The molecular formula is C14H23N3O. The lowest BCUT2D eigenvalue weighted by atomic mass is 9.93. The molecule has 100 valence electrons. The van der Waals surface area contributed by atoms with E-state index >= 15 is 0 Å². The Morgan fingerprint density at radius 2 is 2.22 bits per heavy atom. The fourth-order valence-electron chi connectivity index (χ4n) is 2.88.